The maximum atomic E-state index is 12.1. The van der Waals surface area contributed by atoms with Crippen molar-refractivity contribution in [3.8, 4) is 5.75 Å². The fourth-order valence-corrected chi connectivity index (χ4v) is 2.59. The van der Waals surface area contributed by atoms with Crippen molar-refractivity contribution in [1.29, 1.82) is 0 Å². The first kappa shape index (κ1) is 18.1. The monoisotopic (exact) mass is 330 g/mol. The van der Waals surface area contributed by atoms with Gasteiger partial charge in [-0.1, -0.05) is 0 Å². The molecule has 0 aliphatic carbocycles. The summed E-state index contributed by atoms with van der Waals surface area (Å²) >= 11 is 0. The molecule has 1 amide bonds. The van der Waals surface area contributed by atoms with Crippen LogP contribution in [-0.4, -0.2) is 45.1 Å². The van der Waals surface area contributed by atoms with Crippen LogP contribution in [0, 0.1) is 6.92 Å². The molecule has 0 aliphatic rings. The van der Waals surface area contributed by atoms with Gasteiger partial charge in [-0.05, 0) is 58.1 Å². The van der Waals surface area contributed by atoms with Gasteiger partial charge in [0.15, 0.2) is 0 Å². The summed E-state index contributed by atoms with van der Waals surface area (Å²) in [5, 5.41) is 3.95. The number of carbonyl (C=O) groups is 1. The summed E-state index contributed by atoms with van der Waals surface area (Å²) in [7, 11) is 5.66. The second-order valence-corrected chi connectivity index (χ2v) is 6.24. The highest BCUT2D eigenvalue weighted by Gasteiger charge is 2.12. The average molecular weight is 330 g/mol. The van der Waals surface area contributed by atoms with Crippen molar-refractivity contribution in [3.05, 3.63) is 35.6 Å². The van der Waals surface area contributed by atoms with Crippen LogP contribution in [0.15, 0.2) is 28.9 Å². The van der Waals surface area contributed by atoms with E-state index in [2.05, 4.69) is 10.2 Å². The smallest absolute Gasteiger partial charge is 0.244 e. The molecule has 130 valence electrons. The largest absolute Gasteiger partial charge is 0.496 e. The summed E-state index contributed by atoms with van der Waals surface area (Å²) < 4.78 is 11.0. The Hall–Kier alpha value is -2.27. The minimum absolute atomic E-state index is 0.0858. The summed E-state index contributed by atoms with van der Waals surface area (Å²) in [5.41, 5.74) is 3.61. The van der Waals surface area contributed by atoms with Crippen LogP contribution in [-0.2, 0) is 4.79 Å². The number of hydrogen-bond acceptors (Lipinski definition) is 4. The first-order valence-electron chi connectivity index (χ1n) is 8.09. The number of fused-ring (bicyclic) bond motifs is 1. The quantitative estimate of drug-likeness (QED) is 0.625. The standard InChI is InChI=1S/C19H26N2O3/c1-13(9-19(22)20-7-6-8-21(3)4)15-10-16-14(2)12-24-18(16)11-17(15)23-5/h9-12H,6-8H2,1-5H3,(H,20,22)/b13-9+. The third-order valence-electron chi connectivity index (χ3n) is 3.94. The Balaban J connectivity index is 2.15. The van der Waals surface area contributed by atoms with Crippen LogP contribution in [0.3, 0.4) is 0 Å². The maximum Gasteiger partial charge on any atom is 0.244 e. The van der Waals surface area contributed by atoms with Gasteiger partial charge in [-0.15, -0.1) is 0 Å². The molecule has 0 bridgehead atoms. The molecular weight excluding hydrogens is 304 g/mol. The summed E-state index contributed by atoms with van der Waals surface area (Å²) in [6.45, 7) is 5.53. The zero-order valence-corrected chi connectivity index (χ0v) is 15.1. The number of rotatable bonds is 7. The number of nitrogens with one attached hydrogen (secondary N) is 1. The van der Waals surface area contributed by atoms with Crippen LogP contribution in [0.4, 0.5) is 0 Å². The van der Waals surface area contributed by atoms with Crippen LogP contribution < -0.4 is 10.1 Å². The number of hydrogen-bond donors (Lipinski definition) is 1. The van der Waals surface area contributed by atoms with E-state index >= 15 is 0 Å². The predicted octanol–water partition coefficient (Wildman–Crippen LogP) is 3.22. The van der Waals surface area contributed by atoms with Crippen LogP contribution in [0.5, 0.6) is 5.75 Å². The van der Waals surface area contributed by atoms with E-state index in [4.69, 9.17) is 9.15 Å². The number of amides is 1. The molecule has 5 nitrogen and oxygen atoms in total. The molecule has 0 saturated heterocycles. The molecule has 0 spiro atoms. The second kappa shape index (κ2) is 8.02. The average Bonchev–Trinajstić information content (AvgIpc) is 2.90. The van der Waals surface area contributed by atoms with E-state index in [0.717, 1.165) is 40.6 Å². The van der Waals surface area contributed by atoms with Crippen LogP contribution in [0.2, 0.25) is 0 Å². The number of ether oxygens (including phenoxy) is 1. The first-order valence-corrected chi connectivity index (χ1v) is 8.09. The molecule has 1 aromatic carbocycles. The molecule has 0 aliphatic heterocycles. The van der Waals surface area contributed by atoms with E-state index in [9.17, 15) is 4.79 Å². The van der Waals surface area contributed by atoms with Crippen LogP contribution in [0.25, 0.3) is 16.5 Å². The highest BCUT2D eigenvalue weighted by molar-refractivity contribution is 5.97. The Bertz CT molecular complexity index is 744. The number of benzene rings is 1. The number of aryl methyl sites for hydroxylation is 1. The maximum absolute atomic E-state index is 12.1. The van der Waals surface area contributed by atoms with E-state index in [1.807, 2.05) is 40.1 Å². The van der Waals surface area contributed by atoms with Gasteiger partial charge in [0.2, 0.25) is 5.91 Å². The van der Waals surface area contributed by atoms with E-state index in [1.165, 1.54) is 0 Å². The number of furan rings is 1. The lowest BCUT2D eigenvalue weighted by molar-refractivity contribution is -0.116. The fourth-order valence-electron chi connectivity index (χ4n) is 2.59. The van der Waals surface area contributed by atoms with E-state index in [0.29, 0.717) is 12.3 Å². The number of nitrogens with zero attached hydrogens (tertiary/aromatic N) is 1. The van der Waals surface area contributed by atoms with Gasteiger partial charge in [-0.3, -0.25) is 4.79 Å². The van der Waals surface area contributed by atoms with Crippen molar-refractivity contribution in [2.45, 2.75) is 20.3 Å². The number of methoxy groups -OCH3 is 1. The zero-order chi connectivity index (χ0) is 17.7. The van der Waals surface area contributed by atoms with E-state index in [1.54, 1.807) is 19.4 Å². The van der Waals surface area contributed by atoms with Crippen molar-refractivity contribution in [2.24, 2.45) is 0 Å². The van der Waals surface area contributed by atoms with Gasteiger partial charge in [0.1, 0.15) is 11.3 Å². The Morgan fingerprint density at radius 3 is 2.79 bits per heavy atom. The molecule has 0 radical (unpaired) electrons. The van der Waals surface area contributed by atoms with E-state index < -0.39 is 0 Å². The molecule has 24 heavy (non-hydrogen) atoms. The normalized spacial score (nSPS) is 12.0. The lowest BCUT2D eigenvalue weighted by atomic mass is 10.0. The van der Waals surface area contributed by atoms with Gasteiger partial charge in [0.05, 0.1) is 13.4 Å². The molecule has 2 rings (SSSR count). The van der Waals surface area contributed by atoms with E-state index in [-0.39, 0.29) is 5.91 Å². The van der Waals surface area contributed by atoms with Crippen molar-refractivity contribution >= 4 is 22.4 Å². The SMILES string of the molecule is COc1cc2occ(C)c2cc1/C(C)=C/C(=O)NCCCN(C)C. The number of carbonyl (C=O) groups excluding carboxylic acids is 1. The summed E-state index contributed by atoms with van der Waals surface area (Å²) in [6, 6.07) is 3.88. The molecule has 0 fully saturated rings. The zero-order valence-electron chi connectivity index (χ0n) is 15.1. The molecule has 0 atom stereocenters. The molecular formula is C19H26N2O3. The lowest BCUT2D eigenvalue weighted by Crippen LogP contribution is -2.25. The fraction of sp³-hybridized carbons (Fsp3) is 0.421. The van der Waals surface area contributed by atoms with Gasteiger partial charge in [0.25, 0.3) is 0 Å². The molecule has 5 heteroatoms. The lowest BCUT2D eigenvalue weighted by Gasteiger charge is -2.11. The van der Waals surface area contributed by atoms with Gasteiger partial charge in [-0.2, -0.15) is 0 Å². The topological polar surface area (TPSA) is 54.7 Å². The summed E-state index contributed by atoms with van der Waals surface area (Å²) in [5.74, 6) is 0.614. The Labute approximate surface area is 143 Å². The molecule has 1 heterocycles. The molecule has 1 N–H and O–H groups in total. The second-order valence-electron chi connectivity index (χ2n) is 6.24. The van der Waals surface area contributed by atoms with Gasteiger partial charge in [0, 0.05) is 29.6 Å². The van der Waals surface area contributed by atoms with Gasteiger partial charge in [-0.25, -0.2) is 0 Å². The third kappa shape index (κ3) is 4.38. The number of allylic oxidation sites excluding steroid dienone is 1. The molecule has 0 unspecified atom stereocenters. The predicted molar refractivity (Wildman–Crippen MR) is 97.3 cm³/mol. The minimum atomic E-state index is -0.0858. The first-order chi connectivity index (χ1) is 11.4. The van der Waals surface area contributed by atoms with Crippen molar-refractivity contribution in [3.63, 3.8) is 0 Å². The minimum Gasteiger partial charge on any atom is -0.496 e. The Morgan fingerprint density at radius 1 is 1.38 bits per heavy atom. The van der Waals surface area contributed by atoms with Crippen LogP contribution in [0.1, 0.15) is 24.5 Å². The van der Waals surface area contributed by atoms with Crippen LogP contribution >= 0.6 is 0 Å². The highest BCUT2D eigenvalue weighted by atomic mass is 16.5. The van der Waals surface area contributed by atoms with Crippen molar-refractivity contribution in [1.82, 2.24) is 10.2 Å². The third-order valence-corrected chi connectivity index (χ3v) is 3.94. The summed E-state index contributed by atoms with van der Waals surface area (Å²) in [6.07, 6.45) is 4.27. The van der Waals surface area contributed by atoms with Gasteiger partial charge < -0.3 is 19.4 Å². The van der Waals surface area contributed by atoms with Crippen molar-refractivity contribution < 1.29 is 13.9 Å². The molecule has 0 saturated carbocycles. The van der Waals surface area contributed by atoms with Gasteiger partial charge >= 0.3 is 0 Å². The molecule has 1 aromatic heterocycles. The Morgan fingerprint density at radius 2 is 2.12 bits per heavy atom. The molecule has 2 aromatic rings. The van der Waals surface area contributed by atoms with Crippen molar-refractivity contribution in [2.75, 3.05) is 34.3 Å². The summed E-state index contributed by atoms with van der Waals surface area (Å²) in [4.78, 5) is 14.2. The highest BCUT2D eigenvalue weighted by Crippen LogP contribution is 2.33. The Kier molecular flexibility index (Phi) is 6.04.